The van der Waals surface area contributed by atoms with E-state index in [1.54, 1.807) is 12.1 Å². The molecule has 1 unspecified atom stereocenters. The third-order valence-corrected chi connectivity index (χ3v) is 4.90. The molecule has 1 atom stereocenters. The van der Waals surface area contributed by atoms with E-state index in [9.17, 15) is 9.18 Å². The first-order valence-corrected chi connectivity index (χ1v) is 9.36. The van der Waals surface area contributed by atoms with Crippen molar-refractivity contribution in [3.63, 3.8) is 0 Å². The number of hydrogen-bond acceptors (Lipinski definition) is 2. The van der Waals surface area contributed by atoms with Gasteiger partial charge in [-0.1, -0.05) is 12.1 Å². The van der Waals surface area contributed by atoms with Crippen LogP contribution in [0.5, 0.6) is 5.75 Å². The van der Waals surface area contributed by atoms with Crippen LogP contribution in [-0.4, -0.2) is 28.6 Å². The van der Waals surface area contributed by atoms with Crippen molar-refractivity contribution in [2.75, 3.05) is 18.5 Å². The maximum Gasteiger partial charge on any atom is 0.322 e. The molecule has 0 saturated heterocycles. The molecule has 0 spiro atoms. The van der Waals surface area contributed by atoms with Gasteiger partial charge in [-0.25, -0.2) is 9.18 Å². The molecule has 2 heterocycles. The molecule has 4 rings (SSSR count). The summed E-state index contributed by atoms with van der Waals surface area (Å²) in [7, 11) is 0. The van der Waals surface area contributed by atoms with Gasteiger partial charge >= 0.3 is 6.03 Å². The van der Waals surface area contributed by atoms with Crippen molar-refractivity contribution in [1.29, 1.82) is 0 Å². The van der Waals surface area contributed by atoms with Crippen molar-refractivity contribution in [2.24, 2.45) is 0 Å². The lowest BCUT2D eigenvalue weighted by Gasteiger charge is -2.37. The highest BCUT2D eigenvalue weighted by molar-refractivity contribution is 5.90. The van der Waals surface area contributed by atoms with E-state index < -0.39 is 0 Å². The molecule has 1 N–H and O–H groups in total. The maximum atomic E-state index is 13.1. The molecular formula is C22H22FN3O2. The van der Waals surface area contributed by atoms with Crippen molar-refractivity contribution >= 4 is 11.7 Å². The molecule has 2 aromatic carbocycles. The van der Waals surface area contributed by atoms with Crippen LogP contribution in [0.2, 0.25) is 0 Å². The number of ether oxygens (including phenoxy) is 1. The minimum Gasteiger partial charge on any atom is -0.494 e. The highest BCUT2D eigenvalue weighted by atomic mass is 19.1. The minimum absolute atomic E-state index is 0.208. The van der Waals surface area contributed by atoms with Gasteiger partial charge in [0.05, 0.1) is 12.6 Å². The van der Waals surface area contributed by atoms with Gasteiger partial charge in [0.25, 0.3) is 0 Å². The Hall–Kier alpha value is -3.28. The average Bonchev–Trinajstić information content (AvgIpc) is 3.19. The van der Waals surface area contributed by atoms with Gasteiger partial charge in [-0.15, -0.1) is 0 Å². The van der Waals surface area contributed by atoms with Crippen molar-refractivity contribution in [1.82, 2.24) is 9.47 Å². The Morgan fingerprint density at radius 1 is 1.11 bits per heavy atom. The molecule has 2 amide bonds. The number of halogens is 1. The standard InChI is InChI=1S/C22H22FN3O2/c1-2-28-19-11-5-16(6-12-19)21-20-4-3-13-25(20)14-15-26(21)22(27)24-18-9-7-17(23)8-10-18/h3-13,21H,2,14-15H2,1H3,(H,24,27). The summed E-state index contributed by atoms with van der Waals surface area (Å²) < 4.78 is 20.8. The third-order valence-electron chi connectivity index (χ3n) is 4.90. The van der Waals surface area contributed by atoms with Gasteiger partial charge in [-0.3, -0.25) is 0 Å². The number of carbonyl (C=O) groups excluding carboxylic acids is 1. The van der Waals surface area contributed by atoms with E-state index in [1.165, 1.54) is 12.1 Å². The first-order chi connectivity index (χ1) is 13.7. The number of aromatic nitrogens is 1. The molecule has 3 aromatic rings. The summed E-state index contributed by atoms with van der Waals surface area (Å²) in [5.74, 6) is 0.473. The number of amides is 2. The largest absolute Gasteiger partial charge is 0.494 e. The zero-order valence-corrected chi connectivity index (χ0v) is 15.6. The fourth-order valence-corrected chi connectivity index (χ4v) is 3.59. The van der Waals surface area contributed by atoms with Gasteiger partial charge < -0.3 is 19.5 Å². The average molecular weight is 379 g/mol. The number of benzene rings is 2. The Labute approximate surface area is 163 Å². The summed E-state index contributed by atoms with van der Waals surface area (Å²) in [5, 5.41) is 2.88. The fraction of sp³-hybridized carbons (Fsp3) is 0.227. The predicted molar refractivity (Wildman–Crippen MR) is 106 cm³/mol. The topological polar surface area (TPSA) is 46.5 Å². The van der Waals surface area contributed by atoms with Crippen molar-refractivity contribution in [3.8, 4) is 5.75 Å². The van der Waals surface area contributed by atoms with Crippen LogP contribution in [0.3, 0.4) is 0 Å². The van der Waals surface area contributed by atoms with Crippen molar-refractivity contribution in [3.05, 3.63) is 83.9 Å². The van der Waals surface area contributed by atoms with Crippen LogP contribution in [0, 0.1) is 5.82 Å². The molecule has 5 nitrogen and oxygen atoms in total. The Morgan fingerprint density at radius 2 is 1.86 bits per heavy atom. The molecule has 0 fully saturated rings. The molecule has 0 saturated carbocycles. The highest BCUT2D eigenvalue weighted by Crippen LogP contribution is 2.33. The summed E-state index contributed by atoms with van der Waals surface area (Å²) in [6.07, 6.45) is 2.03. The number of anilines is 1. The normalized spacial score (nSPS) is 15.8. The lowest BCUT2D eigenvalue weighted by Crippen LogP contribution is -2.44. The fourth-order valence-electron chi connectivity index (χ4n) is 3.59. The number of hydrogen-bond donors (Lipinski definition) is 1. The van der Waals surface area contributed by atoms with Gasteiger partial charge in [0, 0.05) is 30.7 Å². The molecule has 1 aliphatic heterocycles. The van der Waals surface area contributed by atoms with Crippen molar-refractivity contribution in [2.45, 2.75) is 19.5 Å². The second-order valence-electron chi connectivity index (χ2n) is 6.66. The number of carbonyl (C=O) groups is 1. The summed E-state index contributed by atoms with van der Waals surface area (Å²) in [5.41, 5.74) is 2.64. The van der Waals surface area contributed by atoms with Crippen LogP contribution < -0.4 is 10.1 Å². The summed E-state index contributed by atoms with van der Waals surface area (Å²) in [4.78, 5) is 14.8. The minimum atomic E-state index is -0.332. The third kappa shape index (κ3) is 3.58. The second kappa shape index (κ2) is 7.76. The molecule has 0 radical (unpaired) electrons. The zero-order chi connectivity index (χ0) is 19.5. The number of urea groups is 1. The highest BCUT2D eigenvalue weighted by Gasteiger charge is 2.32. The van der Waals surface area contributed by atoms with E-state index in [1.807, 2.05) is 54.4 Å². The van der Waals surface area contributed by atoms with Crippen LogP contribution in [0.25, 0.3) is 0 Å². The van der Waals surface area contributed by atoms with Gasteiger partial charge in [0.2, 0.25) is 0 Å². The summed E-state index contributed by atoms with van der Waals surface area (Å²) >= 11 is 0. The predicted octanol–water partition coefficient (Wildman–Crippen LogP) is 4.66. The van der Waals surface area contributed by atoms with Crippen LogP contribution in [0.15, 0.2) is 66.9 Å². The molecule has 1 aromatic heterocycles. The van der Waals surface area contributed by atoms with Gasteiger partial charge in [0.15, 0.2) is 0 Å². The van der Waals surface area contributed by atoms with E-state index in [0.29, 0.717) is 18.8 Å². The monoisotopic (exact) mass is 379 g/mol. The van der Waals surface area contributed by atoms with E-state index >= 15 is 0 Å². The van der Waals surface area contributed by atoms with Crippen LogP contribution in [-0.2, 0) is 6.54 Å². The number of nitrogens with one attached hydrogen (secondary N) is 1. The van der Waals surface area contributed by atoms with E-state index in [2.05, 4.69) is 9.88 Å². The molecule has 144 valence electrons. The van der Waals surface area contributed by atoms with E-state index in [4.69, 9.17) is 4.74 Å². The lowest BCUT2D eigenvalue weighted by atomic mass is 10.00. The molecule has 0 aliphatic carbocycles. The first-order valence-electron chi connectivity index (χ1n) is 9.36. The quantitative estimate of drug-likeness (QED) is 0.716. The van der Waals surface area contributed by atoms with Gasteiger partial charge in [-0.2, -0.15) is 0 Å². The summed E-state index contributed by atoms with van der Waals surface area (Å²) in [6, 6.07) is 17.3. The SMILES string of the molecule is CCOc1ccc(C2c3cccn3CCN2C(=O)Nc2ccc(F)cc2)cc1. The maximum absolute atomic E-state index is 13.1. The summed E-state index contributed by atoms with van der Waals surface area (Å²) in [6.45, 7) is 3.86. The molecular weight excluding hydrogens is 357 g/mol. The molecule has 1 aliphatic rings. The van der Waals surface area contributed by atoms with E-state index in [0.717, 1.165) is 23.6 Å². The molecule has 6 heteroatoms. The van der Waals surface area contributed by atoms with Crippen molar-refractivity contribution < 1.29 is 13.9 Å². The Balaban J connectivity index is 1.63. The lowest BCUT2D eigenvalue weighted by molar-refractivity contribution is 0.182. The second-order valence-corrected chi connectivity index (χ2v) is 6.66. The Morgan fingerprint density at radius 3 is 2.57 bits per heavy atom. The number of nitrogens with zero attached hydrogens (tertiary/aromatic N) is 2. The smallest absolute Gasteiger partial charge is 0.322 e. The number of fused-ring (bicyclic) bond motifs is 1. The van der Waals surface area contributed by atoms with Crippen LogP contribution >= 0.6 is 0 Å². The molecule has 0 bridgehead atoms. The Bertz CT molecular complexity index is 951. The first kappa shape index (κ1) is 18.1. The van der Waals surface area contributed by atoms with Gasteiger partial charge in [-0.05, 0) is 61.0 Å². The van der Waals surface area contributed by atoms with Crippen LogP contribution in [0.1, 0.15) is 24.2 Å². The van der Waals surface area contributed by atoms with Gasteiger partial charge in [0.1, 0.15) is 11.6 Å². The van der Waals surface area contributed by atoms with E-state index in [-0.39, 0.29) is 17.9 Å². The number of rotatable bonds is 4. The Kier molecular flexibility index (Phi) is 5.02. The molecule has 28 heavy (non-hydrogen) atoms. The van der Waals surface area contributed by atoms with Crippen LogP contribution in [0.4, 0.5) is 14.9 Å². The zero-order valence-electron chi connectivity index (χ0n) is 15.6.